The minimum absolute atomic E-state index is 0.0288. The fraction of sp³-hybridized carbons (Fsp3) is 0.455. The first kappa shape index (κ1) is 20.7. The van der Waals surface area contributed by atoms with Crippen molar-refractivity contribution in [1.29, 1.82) is 0 Å². The van der Waals surface area contributed by atoms with E-state index in [1.807, 2.05) is 38.1 Å². The van der Waals surface area contributed by atoms with E-state index < -0.39 is 6.04 Å². The molecule has 2 amide bonds. The molecule has 0 saturated carbocycles. The molecular formula is C22H30N2O3. The molecule has 1 unspecified atom stereocenters. The summed E-state index contributed by atoms with van der Waals surface area (Å²) in [6.45, 7) is 6.31. The molecule has 0 bridgehead atoms. The van der Waals surface area contributed by atoms with Crippen LogP contribution < -0.4 is 10.6 Å². The standard InChI is InChI=1S/C22H30N2O3/c1-4-5-6-8-17-10-12-18(13-11-17)21(25)24-20(16(2)3)22(26)23-15-19-9-7-14-27-19/h7,9-14,16,20H,4-6,8,15H2,1-3H3,(H,23,26)(H,24,25). The van der Waals surface area contributed by atoms with Crippen molar-refractivity contribution in [2.75, 3.05) is 0 Å². The summed E-state index contributed by atoms with van der Waals surface area (Å²) in [6, 6.07) is 10.6. The molecule has 2 N–H and O–H groups in total. The molecule has 0 fully saturated rings. The largest absolute Gasteiger partial charge is 0.467 e. The molecule has 146 valence electrons. The highest BCUT2D eigenvalue weighted by molar-refractivity contribution is 5.97. The lowest BCUT2D eigenvalue weighted by atomic mass is 10.0. The third-order valence-electron chi connectivity index (χ3n) is 4.54. The van der Waals surface area contributed by atoms with Crippen LogP contribution in [-0.4, -0.2) is 17.9 Å². The van der Waals surface area contributed by atoms with Crippen molar-refractivity contribution in [3.8, 4) is 0 Å². The van der Waals surface area contributed by atoms with Gasteiger partial charge in [-0.3, -0.25) is 9.59 Å². The van der Waals surface area contributed by atoms with Crippen LogP contribution in [0.1, 0.15) is 61.7 Å². The Bertz CT molecular complexity index is 706. The topological polar surface area (TPSA) is 71.3 Å². The van der Waals surface area contributed by atoms with Crippen molar-refractivity contribution >= 4 is 11.8 Å². The molecule has 1 atom stereocenters. The van der Waals surface area contributed by atoms with Gasteiger partial charge in [-0.2, -0.15) is 0 Å². The summed E-state index contributed by atoms with van der Waals surface area (Å²) in [5, 5.41) is 5.67. The van der Waals surface area contributed by atoms with Crippen LogP contribution in [0, 0.1) is 5.92 Å². The van der Waals surface area contributed by atoms with E-state index in [1.165, 1.54) is 18.4 Å². The van der Waals surface area contributed by atoms with Crippen molar-refractivity contribution in [1.82, 2.24) is 10.6 Å². The average molecular weight is 370 g/mol. The van der Waals surface area contributed by atoms with Gasteiger partial charge < -0.3 is 15.1 Å². The summed E-state index contributed by atoms with van der Waals surface area (Å²) in [4.78, 5) is 25.0. The lowest BCUT2D eigenvalue weighted by molar-refractivity contribution is -0.124. The van der Waals surface area contributed by atoms with Crippen molar-refractivity contribution in [3.05, 3.63) is 59.5 Å². The summed E-state index contributed by atoms with van der Waals surface area (Å²) >= 11 is 0. The Morgan fingerprint density at radius 2 is 1.81 bits per heavy atom. The smallest absolute Gasteiger partial charge is 0.251 e. The Morgan fingerprint density at radius 3 is 2.41 bits per heavy atom. The highest BCUT2D eigenvalue weighted by Gasteiger charge is 2.24. The van der Waals surface area contributed by atoms with Gasteiger partial charge >= 0.3 is 0 Å². The quantitative estimate of drug-likeness (QED) is 0.619. The molecule has 0 aliphatic heterocycles. The van der Waals surface area contributed by atoms with Gasteiger partial charge in [0.05, 0.1) is 12.8 Å². The first-order valence-electron chi connectivity index (χ1n) is 9.71. The second-order valence-electron chi connectivity index (χ2n) is 7.15. The number of furan rings is 1. The Labute approximate surface area is 161 Å². The molecule has 1 heterocycles. The van der Waals surface area contributed by atoms with E-state index in [0.717, 1.165) is 12.8 Å². The van der Waals surface area contributed by atoms with Gasteiger partial charge in [-0.15, -0.1) is 0 Å². The molecule has 0 saturated heterocycles. The van der Waals surface area contributed by atoms with E-state index >= 15 is 0 Å². The zero-order valence-corrected chi connectivity index (χ0v) is 16.5. The summed E-state index contributed by atoms with van der Waals surface area (Å²) < 4.78 is 5.22. The number of rotatable bonds is 10. The number of hydrogen-bond donors (Lipinski definition) is 2. The number of unbranched alkanes of at least 4 members (excludes halogenated alkanes) is 2. The molecule has 0 aliphatic carbocycles. The van der Waals surface area contributed by atoms with Crippen LogP contribution in [0.4, 0.5) is 0 Å². The van der Waals surface area contributed by atoms with E-state index in [0.29, 0.717) is 17.9 Å². The van der Waals surface area contributed by atoms with Crippen molar-refractivity contribution in [3.63, 3.8) is 0 Å². The maximum absolute atomic E-state index is 12.6. The van der Waals surface area contributed by atoms with Gasteiger partial charge in [-0.05, 0) is 48.6 Å². The second kappa shape index (κ2) is 10.6. The summed E-state index contributed by atoms with van der Waals surface area (Å²) in [6.07, 6.45) is 6.16. The van der Waals surface area contributed by atoms with Crippen LogP contribution in [-0.2, 0) is 17.8 Å². The molecule has 0 radical (unpaired) electrons. The monoisotopic (exact) mass is 370 g/mol. The van der Waals surface area contributed by atoms with Gasteiger partial charge in [-0.25, -0.2) is 0 Å². The molecule has 5 heteroatoms. The van der Waals surface area contributed by atoms with E-state index in [9.17, 15) is 9.59 Å². The predicted molar refractivity (Wildman–Crippen MR) is 106 cm³/mol. The van der Waals surface area contributed by atoms with E-state index in [1.54, 1.807) is 18.4 Å². The molecule has 2 aromatic rings. The van der Waals surface area contributed by atoms with Crippen molar-refractivity contribution < 1.29 is 14.0 Å². The van der Waals surface area contributed by atoms with Gasteiger partial charge in [0.1, 0.15) is 11.8 Å². The number of benzene rings is 1. The van der Waals surface area contributed by atoms with E-state index in [-0.39, 0.29) is 17.7 Å². The van der Waals surface area contributed by atoms with Crippen molar-refractivity contribution in [2.45, 2.75) is 59.0 Å². The van der Waals surface area contributed by atoms with E-state index in [2.05, 4.69) is 17.6 Å². The van der Waals surface area contributed by atoms with Gasteiger partial charge in [-0.1, -0.05) is 45.7 Å². The Hall–Kier alpha value is -2.56. The number of hydrogen-bond acceptors (Lipinski definition) is 3. The zero-order valence-electron chi connectivity index (χ0n) is 16.5. The summed E-state index contributed by atoms with van der Waals surface area (Å²) in [5.41, 5.74) is 1.80. The highest BCUT2D eigenvalue weighted by Crippen LogP contribution is 2.10. The molecule has 2 rings (SSSR count). The molecule has 1 aromatic heterocycles. The first-order chi connectivity index (χ1) is 13.0. The molecular weight excluding hydrogens is 340 g/mol. The highest BCUT2D eigenvalue weighted by atomic mass is 16.3. The van der Waals surface area contributed by atoms with Crippen LogP contribution >= 0.6 is 0 Å². The minimum atomic E-state index is -0.600. The maximum atomic E-state index is 12.6. The Kier molecular flexibility index (Phi) is 8.11. The number of amides is 2. The fourth-order valence-electron chi connectivity index (χ4n) is 2.86. The van der Waals surface area contributed by atoms with Crippen molar-refractivity contribution in [2.24, 2.45) is 5.92 Å². The molecule has 27 heavy (non-hydrogen) atoms. The van der Waals surface area contributed by atoms with Crippen LogP contribution in [0.2, 0.25) is 0 Å². The van der Waals surface area contributed by atoms with Crippen LogP contribution in [0.15, 0.2) is 47.1 Å². The lowest BCUT2D eigenvalue weighted by Crippen LogP contribution is -2.49. The number of aryl methyl sites for hydroxylation is 1. The zero-order chi connectivity index (χ0) is 19.6. The number of nitrogens with one attached hydrogen (secondary N) is 2. The van der Waals surface area contributed by atoms with Crippen LogP contribution in [0.25, 0.3) is 0 Å². The Morgan fingerprint density at radius 1 is 1.07 bits per heavy atom. The normalized spacial score (nSPS) is 12.0. The van der Waals surface area contributed by atoms with Gasteiger partial charge in [0.15, 0.2) is 0 Å². The fourth-order valence-corrected chi connectivity index (χ4v) is 2.86. The molecule has 0 spiro atoms. The minimum Gasteiger partial charge on any atom is -0.467 e. The van der Waals surface area contributed by atoms with Gasteiger partial charge in [0.2, 0.25) is 5.91 Å². The second-order valence-corrected chi connectivity index (χ2v) is 7.15. The molecule has 1 aromatic carbocycles. The third kappa shape index (κ3) is 6.59. The molecule has 0 aliphatic rings. The van der Waals surface area contributed by atoms with E-state index in [4.69, 9.17) is 4.42 Å². The number of carbonyl (C=O) groups excluding carboxylic acids is 2. The lowest BCUT2D eigenvalue weighted by Gasteiger charge is -2.21. The Balaban J connectivity index is 1.92. The number of carbonyl (C=O) groups is 2. The molecule has 5 nitrogen and oxygen atoms in total. The summed E-state index contributed by atoms with van der Waals surface area (Å²) in [7, 11) is 0. The SMILES string of the molecule is CCCCCc1ccc(C(=O)NC(C(=O)NCc2ccco2)C(C)C)cc1. The van der Waals surface area contributed by atoms with Crippen LogP contribution in [0.5, 0.6) is 0 Å². The average Bonchev–Trinajstić information content (AvgIpc) is 3.18. The summed E-state index contributed by atoms with van der Waals surface area (Å²) in [5.74, 6) is 0.197. The van der Waals surface area contributed by atoms with Gasteiger partial charge in [0, 0.05) is 5.56 Å². The third-order valence-corrected chi connectivity index (χ3v) is 4.54. The maximum Gasteiger partial charge on any atom is 0.251 e. The predicted octanol–water partition coefficient (Wildman–Crippen LogP) is 4.08. The van der Waals surface area contributed by atoms with Crippen LogP contribution in [0.3, 0.4) is 0 Å². The van der Waals surface area contributed by atoms with Gasteiger partial charge in [0.25, 0.3) is 5.91 Å². The first-order valence-corrected chi connectivity index (χ1v) is 9.71.